The van der Waals surface area contributed by atoms with Crippen molar-refractivity contribution in [1.82, 2.24) is 39.0 Å². The summed E-state index contributed by atoms with van der Waals surface area (Å²) in [5.41, 5.74) is 7.57. The molecule has 0 bridgehead atoms. The lowest BCUT2D eigenvalue weighted by Gasteiger charge is -2.14. The number of rotatable bonds is 6. The van der Waals surface area contributed by atoms with Crippen molar-refractivity contribution in [2.24, 2.45) is 0 Å². The smallest absolute Gasteiger partial charge is 0.238 e. The third-order valence-corrected chi connectivity index (χ3v) is 14.2. The molecule has 72 heavy (non-hydrogen) atoms. The van der Waals surface area contributed by atoms with Gasteiger partial charge in [0.1, 0.15) is 0 Å². The van der Waals surface area contributed by atoms with Crippen LogP contribution in [0.25, 0.3) is 144 Å². The Morgan fingerprint density at radius 1 is 0.222 bits per heavy atom. The van der Waals surface area contributed by atoms with Crippen LogP contribution >= 0.6 is 0 Å². The minimum Gasteiger partial charge on any atom is -0.278 e. The van der Waals surface area contributed by atoms with Gasteiger partial charge in [-0.3, -0.25) is 9.13 Å². The lowest BCUT2D eigenvalue weighted by molar-refractivity contribution is 0.953. The molecule has 8 heteroatoms. The van der Waals surface area contributed by atoms with Gasteiger partial charge in [-0.2, -0.15) is 19.9 Å². The highest BCUT2D eigenvalue weighted by molar-refractivity contribution is 6.26. The van der Waals surface area contributed by atoms with E-state index in [1.165, 1.54) is 0 Å². The Balaban J connectivity index is 1.05. The number of hydrogen-bond acceptors (Lipinski definition) is 6. The number of benzene rings is 11. The zero-order chi connectivity index (χ0) is 47.3. The van der Waals surface area contributed by atoms with Gasteiger partial charge in [0.25, 0.3) is 0 Å². The second kappa shape index (κ2) is 15.8. The van der Waals surface area contributed by atoms with Crippen molar-refractivity contribution in [2.75, 3.05) is 0 Å². The van der Waals surface area contributed by atoms with Crippen molar-refractivity contribution in [3.63, 3.8) is 0 Å². The number of fused-ring (bicyclic) bond motifs is 11. The van der Waals surface area contributed by atoms with Gasteiger partial charge in [-0.25, -0.2) is 9.97 Å². The Hall–Kier alpha value is -9.92. The van der Waals surface area contributed by atoms with Crippen molar-refractivity contribution >= 4 is 86.7 Å². The second-order valence-electron chi connectivity index (χ2n) is 18.2. The molecule has 0 unspecified atom stereocenters. The molecule has 0 amide bonds. The van der Waals surface area contributed by atoms with Crippen molar-refractivity contribution < 1.29 is 0 Å². The highest BCUT2D eigenvalue weighted by Gasteiger charge is 2.26. The van der Waals surface area contributed by atoms with Crippen LogP contribution in [0, 0.1) is 0 Å². The number of hydrogen-bond donors (Lipinski definition) is 0. The predicted octanol–water partition coefficient (Wildman–Crippen LogP) is 15.5. The third kappa shape index (κ3) is 6.12. The zero-order valence-electron chi connectivity index (χ0n) is 38.5. The van der Waals surface area contributed by atoms with Crippen LogP contribution in [0.1, 0.15) is 0 Å². The lowest BCUT2D eigenvalue weighted by atomic mass is 10.0. The number of nitrogens with zero attached hydrogens (tertiary/aromatic N) is 8. The van der Waals surface area contributed by atoms with Crippen LogP contribution in [0.15, 0.2) is 231 Å². The molecular weight excluding hydrogens is 881 g/mol. The average Bonchev–Trinajstić information content (AvgIpc) is 3.97. The molecule has 0 saturated heterocycles. The van der Waals surface area contributed by atoms with Crippen molar-refractivity contribution in [3.8, 4) is 57.4 Å². The molecule has 0 radical (unpaired) electrons. The number of aromatic nitrogens is 8. The maximum absolute atomic E-state index is 5.49. The van der Waals surface area contributed by atoms with E-state index in [1.54, 1.807) is 0 Å². The molecule has 334 valence electrons. The Morgan fingerprint density at radius 2 is 0.556 bits per heavy atom. The first-order valence-electron chi connectivity index (χ1n) is 24.1. The molecule has 0 atom stereocenters. The third-order valence-electron chi connectivity index (χ3n) is 14.2. The average molecular weight is 919 g/mol. The fraction of sp³-hybridized carbons (Fsp3) is 0. The van der Waals surface area contributed by atoms with Crippen LogP contribution in [0.5, 0.6) is 0 Å². The lowest BCUT2D eigenvalue weighted by Crippen LogP contribution is -2.07. The summed E-state index contributed by atoms with van der Waals surface area (Å²) in [6.45, 7) is 0. The maximum atomic E-state index is 5.49. The highest BCUT2D eigenvalue weighted by atomic mass is 15.2. The van der Waals surface area contributed by atoms with Crippen LogP contribution in [0.4, 0.5) is 0 Å². The summed E-state index contributed by atoms with van der Waals surface area (Å²) in [4.78, 5) is 32.5. The van der Waals surface area contributed by atoms with Gasteiger partial charge in [-0.15, -0.1) is 0 Å². The van der Waals surface area contributed by atoms with Gasteiger partial charge >= 0.3 is 0 Å². The van der Waals surface area contributed by atoms with Crippen molar-refractivity contribution in [3.05, 3.63) is 231 Å². The number of para-hydroxylation sites is 2. The molecule has 11 aromatic carbocycles. The largest absolute Gasteiger partial charge is 0.278 e. The van der Waals surface area contributed by atoms with E-state index in [2.05, 4.69) is 240 Å². The summed E-state index contributed by atoms with van der Waals surface area (Å²) >= 11 is 0. The van der Waals surface area contributed by atoms with Crippen molar-refractivity contribution in [1.29, 1.82) is 0 Å². The molecule has 15 rings (SSSR count). The molecule has 0 aliphatic carbocycles. The van der Waals surface area contributed by atoms with Crippen LogP contribution < -0.4 is 0 Å². The fourth-order valence-electron chi connectivity index (χ4n) is 11.0. The predicted molar refractivity (Wildman–Crippen MR) is 294 cm³/mol. The van der Waals surface area contributed by atoms with Gasteiger partial charge in [0, 0.05) is 43.8 Å². The maximum Gasteiger partial charge on any atom is 0.238 e. The first kappa shape index (κ1) is 40.0. The molecule has 0 fully saturated rings. The van der Waals surface area contributed by atoms with E-state index in [9.17, 15) is 0 Å². The minimum absolute atomic E-state index is 0.515. The Kier molecular flexibility index (Phi) is 8.79. The first-order chi connectivity index (χ1) is 35.7. The molecule has 8 nitrogen and oxygen atoms in total. The van der Waals surface area contributed by atoms with E-state index in [0.717, 1.165) is 109 Å². The molecular formula is C64H38N8. The topological polar surface area (TPSA) is 87.2 Å². The molecule has 15 aromatic rings. The molecule has 4 aromatic heterocycles. The monoisotopic (exact) mass is 918 g/mol. The van der Waals surface area contributed by atoms with Crippen LogP contribution in [0.3, 0.4) is 0 Å². The van der Waals surface area contributed by atoms with E-state index >= 15 is 0 Å². The molecule has 0 N–H and O–H groups in total. The van der Waals surface area contributed by atoms with Gasteiger partial charge in [0.05, 0.1) is 22.1 Å². The molecule has 0 spiro atoms. The summed E-state index contributed by atoms with van der Waals surface area (Å²) in [6, 6.07) is 80.4. The Labute approximate surface area is 411 Å². The van der Waals surface area contributed by atoms with Crippen LogP contribution in [0.2, 0.25) is 0 Å². The van der Waals surface area contributed by atoms with E-state index in [0.29, 0.717) is 35.2 Å². The molecule has 0 aliphatic heterocycles. The van der Waals surface area contributed by atoms with Gasteiger partial charge in [0.15, 0.2) is 23.3 Å². The summed E-state index contributed by atoms with van der Waals surface area (Å²) in [5.74, 6) is 3.39. The highest BCUT2D eigenvalue weighted by Crippen LogP contribution is 2.43. The van der Waals surface area contributed by atoms with Crippen LogP contribution in [-0.2, 0) is 0 Å². The fourth-order valence-corrected chi connectivity index (χ4v) is 11.0. The summed E-state index contributed by atoms with van der Waals surface area (Å²) in [6.07, 6.45) is 0. The molecule has 4 heterocycles. The zero-order valence-corrected chi connectivity index (χ0v) is 38.5. The first-order valence-corrected chi connectivity index (χ1v) is 24.1. The van der Waals surface area contributed by atoms with E-state index in [4.69, 9.17) is 29.9 Å². The standard InChI is InChI=1S/C64H38N8/c1-5-25-43-39(17-1)21-13-31-49(43)59-65-60(50-32-14-22-40-18-2-6-26-44(40)50)68-63(67-59)71-55-36-12-10-30-53(55)57-56(71)38-37-48-47-29-9-11-35-54(47)72(58(48)57)64-69-61(51-33-15-23-41-19-3-7-27-45(41)51)66-62(70-64)52-34-16-24-42-20-4-8-28-46(42)52/h1-38H. The van der Waals surface area contributed by atoms with E-state index < -0.39 is 0 Å². The normalized spacial score (nSPS) is 11.9. The van der Waals surface area contributed by atoms with Crippen LogP contribution in [-0.4, -0.2) is 39.0 Å². The van der Waals surface area contributed by atoms with Gasteiger partial charge in [-0.05, 0) is 61.3 Å². The second-order valence-corrected chi connectivity index (χ2v) is 18.2. The minimum atomic E-state index is 0.515. The summed E-state index contributed by atoms with van der Waals surface area (Å²) in [7, 11) is 0. The van der Waals surface area contributed by atoms with Gasteiger partial charge in [-0.1, -0.05) is 212 Å². The van der Waals surface area contributed by atoms with E-state index in [1.807, 2.05) is 0 Å². The molecule has 0 saturated carbocycles. The Morgan fingerprint density at radius 3 is 0.986 bits per heavy atom. The summed E-state index contributed by atoms with van der Waals surface area (Å²) in [5, 5.41) is 12.9. The quantitative estimate of drug-likeness (QED) is 0.165. The SMILES string of the molecule is c1ccc2c(-c3nc(-c4cccc5ccccc45)nc(-n4c5ccccc5c5c4ccc4c6ccccc6n(-c6nc(-c7cccc8ccccc78)nc(-c7cccc8ccccc78)n6)c45)n3)cccc2c1. The van der Waals surface area contributed by atoms with Gasteiger partial charge < -0.3 is 0 Å². The van der Waals surface area contributed by atoms with Crippen molar-refractivity contribution in [2.45, 2.75) is 0 Å². The van der Waals surface area contributed by atoms with Gasteiger partial charge in [0.2, 0.25) is 11.9 Å². The summed E-state index contributed by atoms with van der Waals surface area (Å²) < 4.78 is 4.44. The Bertz CT molecular complexity index is 4510. The van der Waals surface area contributed by atoms with E-state index in [-0.39, 0.29) is 0 Å². The molecule has 0 aliphatic rings.